The van der Waals surface area contributed by atoms with Gasteiger partial charge in [-0.15, -0.1) is 0 Å². The van der Waals surface area contributed by atoms with Crippen LogP contribution >= 0.6 is 15.9 Å². The van der Waals surface area contributed by atoms with Crippen LogP contribution in [0.25, 0.3) is 0 Å². The Hall–Kier alpha value is -1.19. The zero-order chi connectivity index (χ0) is 15.1. The van der Waals surface area contributed by atoms with Crippen molar-refractivity contribution in [2.45, 2.75) is 32.2 Å². The predicted octanol–water partition coefficient (Wildman–Crippen LogP) is 5.26. The van der Waals surface area contributed by atoms with Crippen molar-refractivity contribution in [2.24, 2.45) is 0 Å². The Morgan fingerprint density at radius 1 is 1.10 bits per heavy atom. The molecule has 1 atom stereocenters. The van der Waals surface area contributed by atoms with E-state index in [-0.39, 0.29) is 11.9 Å². The Morgan fingerprint density at radius 2 is 1.86 bits per heavy atom. The first-order valence-corrected chi connectivity index (χ1v) is 8.23. The molecule has 0 aliphatic carbocycles. The normalized spacial score (nSPS) is 12.3. The van der Waals surface area contributed by atoms with Gasteiger partial charge in [0.05, 0.1) is 4.47 Å². The van der Waals surface area contributed by atoms with Crippen LogP contribution in [0.3, 0.4) is 0 Å². The molecule has 21 heavy (non-hydrogen) atoms. The number of halogens is 2. The quantitative estimate of drug-likeness (QED) is 0.718. The van der Waals surface area contributed by atoms with Gasteiger partial charge >= 0.3 is 0 Å². The molecular formula is C18H21BrFN. The number of benzene rings is 2. The van der Waals surface area contributed by atoms with Crippen LogP contribution in [0.5, 0.6) is 0 Å². The topological polar surface area (TPSA) is 12.0 Å². The van der Waals surface area contributed by atoms with E-state index < -0.39 is 0 Å². The molecule has 0 heterocycles. The predicted molar refractivity (Wildman–Crippen MR) is 89.9 cm³/mol. The van der Waals surface area contributed by atoms with Crippen LogP contribution < -0.4 is 5.32 Å². The van der Waals surface area contributed by atoms with Crippen molar-refractivity contribution in [2.75, 3.05) is 6.54 Å². The highest BCUT2D eigenvalue weighted by molar-refractivity contribution is 9.10. The maximum absolute atomic E-state index is 14.0. The molecule has 2 aromatic carbocycles. The van der Waals surface area contributed by atoms with Gasteiger partial charge in [0.25, 0.3) is 0 Å². The van der Waals surface area contributed by atoms with Crippen molar-refractivity contribution < 1.29 is 4.39 Å². The molecule has 0 aliphatic heterocycles. The Balaban J connectivity index is 2.07. The minimum Gasteiger partial charge on any atom is -0.310 e. The Bertz CT molecular complexity index is 556. The van der Waals surface area contributed by atoms with Gasteiger partial charge in [-0.05, 0) is 58.9 Å². The smallest absolute Gasteiger partial charge is 0.140 e. The molecule has 1 unspecified atom stereocenters. The minimum absolute atomic E-state index is 0.139. The van der Waals surface area contributed by atoms with Crippen molar-refractivity contribution in [3.63, 3.8) is 0 Å². The monoisotopic (exact) mass is 349 g/mol. The first-order valence-electron chi connectivity index (χ1n) is 7.43. The zero-order valence-corrected chi connectivity index (χ0v) is 13.9. The van der Waals surface area contributed by atoms with Crippen molar-refractivity contribution in [1.82, 2.24) is 5.32 Å². The fraction of sp³-hybridized carbons (Fsp3) is 0.333. The summed E-state index contributed by atoms with van der Waals surface area (Å²) >= 11 is 3.25. The van der Waals surface area contributed by atoms with E-state index in [4.69, 9.17) is 0 Å². The average molecular weight is 350 g/mol. The van der Waals surface area contributed by atoms with Gasteiger partial charge in [0.15, 0.2) is 0 Å². The Kier molecular flexibility index (Phi) is 6.40. The number of hydrogen-bond acceptors (Lipinski definition) is 1. The maximum Gasteiger partial charge on any atom is 0.140 e. The van der Waals surface area contributed by atoms with Gasteiger partial charge in [0.2, 0.25) is 0 Å². The van der Waals surface area contributed by atoms with Gasteiger partial charge in [-0.3, -0.25) is 0 Å². The molecule has 0 saturated carbocycles. The van der Waals surface area contributed by atoms with E-state index in [2.05, 4.69) is 52.4 Å². The number of aryl methyl sites for hydroxylation is 1. The zero-order valence-electron chi connectivity index (χ0n) is 12.3. The molecule has 112 valence electrons. The lowest BCUT2D eigenvalue weighted by Crippen LogP contribution is -2.22. The number of nitrogens with one attached hydrogen (secondary N) is 1. The number of rotatable bonds is 7. The van der Waals surface area contributed by atoms with Crippen LogP contribution in [-0.2, 0) is 6.42 Å². The lowest BCUT2D eigenvalue weighted by atomic mass is 9.98. The first-order chi connectivity index (χ1) is 10.2. The fourth-order valence-electron chi connectivity index (χ4n) is 2.43. The highest BCUT2D eigenvalue weighted by atomic mass is 79.9. The molecule has 0 spiro atoms. The first kappa shape index (κ1) is 16.2. The van der Waals surface area contributed by atoms with Gasteiger partial charge in [0.1, 0.15) is 5.82 Å². The molecule has 0 aromatic heterocycles. The summed E-state index contributed by atoms with van der Waals surface area (Å²) in [5, 5.41) is 3.56. The highest BCUT2D eigenvalue weighted by Crippen LogP contribution is 2.23. The van der Waals surface area contributed by atoms with E-state index in [1.807, 2.05) is 18.2 Å². The Morgan fingerprint density at radius 3 is 2.57 bits per heavy atom. The average Bonchev–Trinajstić information content (AvgIpc) is 2.52. The second-order valence-corrected chi connectivity index (χ2v) is 6.02. The molecule has 3 heteroatoms. The van der Waals surface area contributed by atoms with Gasteiger partial charge in [-0.2, -0.15) is 0 Å². The van der Waals surface area contributed by atoms with Crippen LogP contribution in [-0.4, -0.2) is 6.54 Å². The van der Waals surface area contributed by atoms with Crippen LogP contribution in [0.2, 0.25) is 0 Å². The SMILES string of the molecule is CCCNC(CCc1cccc(Br)c1F)c1ccccc1. The van der Waals surface area contributed by atoms with Crippen molar-refractivity contribution in [1.29, 1.82) is 0 Å². The molecule has 0 radical (unpaired) electrons. The van der Waals surface area contributed by atoms with Crippen molar-refractivity contribution >= 4 is 15.9 Å². The van der Waals surface area contributed by atoms with E-state index in [1.54, 1.807) is 6.07 Å². The van der Waals surface area contributed by atoms with E-state index in [0.717, 1.165) is 31.4 Å². The maximum atomic E-state index is 14.0. The van der Waals surface area contributed by atoms with E-state index >= 15 is 0 Å². The molecule has 1 nitrogen and oxygen atoms in total. The van der Waals surface area contributed by atoms with Crippen LogP contribution in [0, 0.1) is 5.82 Å². The largest absolute Gasteiger partial charge is 0.310 e. The third-order valence-corrected chi connectivity index (χ3v) is 4.19. The highest BCUT2D eigenvalue weighted by Gasteiger charge is 2.12. The lowest BCUT2D eigenvalue weighted by Gasteiger charge is -2.19. The molecule has 2 aromatic rings. The molecule has 0 saturated heterocycles. The lowest BCUT2D eigenvalue weighted by molar-refractivity contribution is 0.492. The molecule has 0 bridgehead atoms. The molecule has 0 fully saturated rings. The van der Waals surface area contributed by atoms with Crippen LogP contribution in [0.15, 0.2) is 53.0 Å². The molecule has 2 rings (SSSR count). The van der Waals surface area contributed by atoms with E-state index in [0.29, 0.717) is 4.47 Å². The van der Waals surface area contributed by atoms with Crippen molar-refractivity contribution in [3.8, 4) is 0 Å². The molecule has 1 N–H and O–H groups in total. The summed E-state index contributed by atoms with van der Waals surface area (Å²) in [5.74, 6) is -0.139. The molecular weight excluding hydrogens is 329 g/mol. The minimum atomic E-state index is -0.139. The standard InChI is InChI=1S/C18H21BrFN/c1-2-13-21-17(14-7-4-3-5-8-14)12-11-15-9-6-10-16(19)18(15)20/h3-10,17,21H,2,11-13H2,1H3. The third-order valence-electron chi connectivity index (χ3n) is 3.58. The summed E-state index contributed by atoms with van der Waals surface area (Å²) in [7, 11) is 0. The van der Waals surface area contributed by atoms with Gasteiger partial charge in [-0.1, -0.05) is 49.4 Å². The summed E-state index contributed by atoms with van der Waals surface area (Å²) in [4.78, 5) is 0. The summed E-state index contributed by atoms with van der Waals surface area (Å²) in [6.07, 6.45) is 2.70. The van der Waals surface area contributed by atoms with E-state index in [9.17, 15) is 4.39 Å². The summed E-state index contributed by atoms with van der Waals surface area (Å²) < 4.78 is 14.6. The van der Waals surface area contributed by atoms with Crippen molar-refractivity contribution in [3.05, 3.63) is 69.9 Å². The molecule has 0 amide bonds. The second-order valence-electron chi connectivity index (χ2n) is 5.17. The second kappa shape index (κ2) is 8.30. The molecule has 0 aliphatic rings. The van der Waals surface area contributed by atoms with E-state index in [1.165, 1.54) is 5.56 Å². The summed E-state index contributed by atoms with van der Waals surface area (Å²) in [6, 6.07) is 16.1. The van der Waals surface area contributed by atoms with Crippen LogP contribution in [0.4, 0.5) is 4.39 Å². The Labute approximate surface area is 134 Å². The fourth-order valence-corrected chi connectivity index (χ4v) is 2.84. The summed E-state index contributed by atoms with van der Waals surface area (Å²) in [5.41, 5.74) is 2.03. The summed E-state index contributed by atoms with van der Waals surface area (Å²) in [6.45, 7) is 3.13. The van der Waals surface area contributed by atoms with Crippen LogP contribution in [0.1, 0.15) is 36.9 Å². The third kappa shape index (κ3) is 4.65. The number of hydrogen-bond donors (Lipinski definition) is 1. The van der Waals surface area contributed by atoms with Gasteiger partial charge in [0, 0.05) is 6.04 Å². The van der Waals surface area contributed by atoms with Gasteiger partial charge < -0.3 is 5.32 Å². The van der Waals surface area contributed by atoms with Gasteiger partial charge in [-0.25, -0.2) is 4.39 Å².